The van der Waals surface area contributed by atoms with Crippen LogP contribution in [0.2, 0.25) is 0 Å². The van der Waals surface area contributed by atoms with Crippen LogP contribution < -0.4 is 0 Å². The van der Waals surface area contributed by atoms with E-state index >= 15 is 0 Å². The number of hydrogen-bond acceptors (Lipinski definition) is 1. The molecule has 0 aromatic rings. The second-order valence-electron chi connectivity index (χ2n) is 7.84. The highest BCUT2D eigenvalue weighted by molar-refractivity contribution is 4.76. The first-order valence-corrected chi connectivity index (χ1v) is 9.84. The number of methoxy groups -OCH3 is 1. The maximum absolute atomic E-state index is 5.49. The predicted octanol–water partition coefficient (Wildman–Crippen LogP) is 6.36. The lowest BCUT2D eigenvalue weighted by atomic mass is 9.76. The number of rotatable bonds is 8. The lowest BCUT2D eigenvalue weighted by Gasteiger charge is -2.31. The van der Waals surface area contributed by atoms with Crippen LogP contribution in [0.4, 0.5) is 0 Å². The molecule has 0 aromatic heterocycles. The molecule has 1 nitrogen and oxygen atoms in total. The van der Waals surface area contributed by atoms with Crippen LogP contribution in [-0.2, 0) is 4.74 Å². The van der Waals surface area contributed by atoms with Crippen LogP contribution in [0.1, 0.15) is 96.8 Å². The van der Waals surface area contributed by atoms with E-state index in [2.05, 4.69) is 6.92 Å². The van der Waals surface area contributed by atoms with Crippen LogP contribution in [0.25, 0.3) is 0 Å². The molecule has 2 aliphatic rings. The number of ether oxygens (including phenoxy) is 1. The summed E-state index contributed by atoms with van der Waals surface area (Å²) in [5, 5.41) is 0. The van der Waals surface area contributed by atoms with Crippen LogP contribution in [0.5, 0.6) is 0 Å². The zero-order valence-corrected chi connectivity index (χ0v) is 14.6. The summed E-state index contributed by atoms with van der Waals surface area (Å²) in [6, 6.07) is 0. The van der Waals surface area contributed by atoms with Crippen molar-refractivity contribution in [2.24, 2.45) is 17.8 Å². The standard InChI is InChI=1S/C20H38O/c1-3-4-5-6-17-7-9-18(10-8-17)11-12-19-13-15-20(21-2)16-14-19/h17-20H,3-16H2,1-2H3/t17-,18-,19-,20-. The normalized spacial score (nSPS) is 34.0. The maximum atomic E-state index is 5.49. The topological polar surface area (TPSA) is 9.23 Å². The van der Waals surface area contributed by atoms with Crippen molar-refractivity contribution in [1.82, 2.24) is 0 Å². The molecule has 2 fully saturated rings. The second kappa shape index (κ2) is 9.87. The molecule has 2 aliphatic carbocycles. The van der Waals surface area contributed by atoms with Crippen molar-refractivity contribution in [1.29, 1.82) is 0 Å². The number of hydrogen-bond donors (Lipinski definition) is 0. The minimum atomic E-state index is 0.569. The Morgan fingerprint density at radius 1 is 0.667 bits per heavy atom. The molecule has 0 spiro atoms. The van der Waals surface area contributed by atoms with Crippen molar-refractivity contribution in [2.75, 3.05) is 7.11 Å². The molecular weight excluding hydrogens is 256 g/mol. The highest BCUT2D eigenvalue weighted by Crippen LogP contribution is 2.37. The fraction of sp³-hybridized carbons (Fsp3) is 1.00. The van der Waals surface area contributed by atoms with E-state index < -0.39 is 0 Å². The van der Waals surface area contributed by atoms with E-state index in [-0.39, 0.29) is 0 Å². The highest BCUT2D eigenvalue weighted by atomic mass is 16.5. The summed E-state index contributed by atoms with van der Waals surface area (Å²) in [6.45, 7) is 2.32. The molecule has 0 aliphatic heterocycles. The van der Waals surface area contributed by atoms with E-state index in [9.17, 15) is 0 Å². The molecular formula is C20H38O. The van der Waals surface area contributed by atoms with Crippen molar-refractivity contribution < 1.29 is 4.74 Å². The Hall–Kier alpha value is -0.0400. The molecule has 0 N–H and O–H groups in total. The largest absolute Gasteiger partial charge is 0.381 e. The Morgan fingerprint density at radius 2 is 1.14 bits per heavy atom. The number of unbranched alkanes of at least 4 members (excludes halogenated alkanes) is 2. The minimum Gasteiger partial charge on any atom is -0.381 e. The lowest BCUT2D eigenvalue weighted by Crippen LogP contribution is -2.21. The third-order valence-electron chi connectivity index (χ3n) is 6.29. The van der Waals surface area contributed by atoms with Crippen molar-refractivity contribution in [3.63, 3.8) is 0 Å². The van der Waals surface area contributed by atoms with E-state index in [1.807, 2.05) is 7.11 Å². The summed E-state index contributed by atoms with van der Waals surface area (Å²) in [5.41, 5.74) is 0. The van der Waals surface area contributed by atoms with Crippen molar-refractivity contribution >= 4 is 0 Å². The molecule has 1 heteroatoms. The molecule has 0 heterocycles. The van der Waals surface area contributed by atoms with Crippen LogP contribution in [0.15, 0.2) is 0 Å². The summed E-state index contributed by atoms with van der Waals surface area (Å²) in [4.78, 5) is 0. The van der Waals surface area contributed by atoms with Gasteiger partial charge >= 0.3 is 0 Å². The molecule has 0 amide bonds. The monoisotopic (exact) mass is 294 g/mol. The molecule has 0 radical (unpaired) electrons. The van der Waals surface area contributed by atoms with E-state index in [0.29, 0.717) is 6.10 Å². The lowest BCUT2D eigenvalue weighted by molar-refractivity contribution is 0.0540. The van der Waals surface area contributed by atoms with Crippen molar-refractivity contribution in [3.8, 4) is 0 Å². The third-order valence-corrected chi connectivity index (χ3v) is 6.29. The molecule has 0 aromatic carbocycles. The van der Waals surface area contributed by atoms with Gasteiger partial charge in [-0.15, -0.1) is 0 Å². The summed E-state index contributed by atoms with van der Waals surface area (Å²) in [6.07, 6.45) is 21.0. The summed E-state index contributed by atoms with van der Waals surface area (Å²) >= 11 is 0. The van der Waals surface area contributed by atoms with Gasteiger partial charge in [-0.1, -0.05) is 71.1 Å². The van der Waals surface area contributed by atoms with E-state index in [4.69, 9.17) is 4.74 Å². The summed E-state index contributed by atoms with van der Waals surface area (Å²) < 4.78 is 5.49. The Balaban J connectivity index is 1.53. The first kappa shape index (κ1) is 17.3. The van der Waals surface area contributed by atoms with Gasteiger partial charge in [0.25, 0.3) is 0 Å². The highest BCUT2D eigenvalue weighted by Gasteiger charge is 2.24. The average molecular weight is 295 g/mol. The van der Waals surface area contributed by atoms with Gasteiger partial charge in [-0.05, 0) is 43.4 Å². The molecule has 124 valence electrons. The molecule has 0 atom stereocenters. The molecule has 21 heavy (non-hydrogen) atoms. The zero-order chi connectivity index (χ0) is 14.9. The third kappa shape index (κ3) is 6.30. The van der Waals surface area contributed by atoms with Gasteiger partial charge in [0.2, 0.25) is 0 Å². The maximum Gasteiger partial charge on any atom is 0.0571 e. The Kier molecular flexibility index (Phi) is 8.14. The van der Waals surface area contributed by atoms with Gasteiger partial charge in [0.1, 0.15) is 0 Å². The van der Waals surface area contributed by atoms with Crippen LogP contribution in [0, 0.1) is 17.8 Å². The van der Waals surface area contributed by atoms with E-state index in [1.54, 1.807) is 0 Å². The fourth-order valence-corrected chi connectivity index (χ4v) is 4.62. The van der Waals surface area contributed by atoms with Gasteiger partial charge in [-0.2, -0.15) is 0 Å². The van der Waals surface area contributed by atoms with E-state index in [1.165, 1.54) is 89.9 Å². The zero-order valence-electron chi connectivity index (χ0n) is 14.6. The average Bonchev–Trinajstić information content (AvgIpc) is 2.55. The van der Waals surface area contributed by atoms with Gasteiger partial charge in [0.05, 0.1) is 6.10 Å². The van der Waals surface area contributed by atoms with Gasteiger partial charge in [0.15, 0.2) is 0 Å². The van der Waals surface area contributed by atoms with Crippen LogP contribution in [0.3, 0.4) is 0 Å². The van der Waals surface area contributed by atoms with Gasteiger partial charge in [0, 0.05) is 7.11 Å². The molecule has 0 unspecified atom stereocenters. The smallest absolute Gasteiger partial charge is 0.0571 e. The first-order valence-electron chi connectivity index (χ1n) is 9.84. The van der Waals surface area contributed by atoms with Crippen molar-refractivity contribution in [3.05, 3.63) is 0 Å². The van der Waals surface area contributed by atoms with Crippen LogP contribution in [-0.4, -0.2) is 13.2 Å². The SMILES string of the molecule is CCCCC[C@H]1CC[C@H](CC[C@H]2CC[C@H](OC)CC2)CC1. The van der Waals surface area contributed by atoms with Gasteiger partial charge in [-0.3, -0.25) is 0 Å². The first-order chi connectivity index (χ1) is 10.3. The van der Waals surface area contributed by atoms with Crippen LogP contribution >= 0.6 is 0 Å². The Labute approximate surface area is 133 Å². The van der Waals surface area contributed by atoms with E-state index in [0.717, 1.165) is 17.8 Å². The quantitative estimate of drug-likeness (QED) is 0.473. The summed E-state index contributed by atoms with van der Waals surface area (Å²) in [5.74, 6) is 3.15. The Bertz CT molecular complexity index is 247. The van der Waals surface area contributed by atoms with Crippen molar-refractivity contribution in [2.45, 2.75) is 103 Å². The Morgan fingerprint density at radius 3 is 1.62 bits per heavy atom. The van der Waals surface area contributed by atoms with Gasteiger partial charge in [-0.25, -0.2) is 0 Å². The molecule has 2 rings (SSSR count). The fourth-order valence-electron chi connectivity index (χ4n) is 4.62. The summed E-state index contributed by atoms with van der Waals surface area (Å²) in [7, 11) is 1.88. The minimum absolute atomic E-state index is 0.569. The molecule has 0 bridgehead atoms. The second-order valence-corrected chi connectivity index (χ2v) is 7.84. The predicted molar refractivity (Wildman–Crippen MR) is 91.6 cm³/mol. The molecule has 2 saturated carbocycles. The molecule has 0 saturated heterocycles. The van der Waals surface area contributed by atoms with Gasteiger partial charge < -0.3 is 4.74 Å².